The maximum Gasteiger partial charge on any atom is 0.245 e. The topological polar surface area (TPSA) is 99.4 Å². The molecule has 0 atom stereocenters. The molecule has 0 unspecified atom stereocenters. The van der Waals surface area contributed by atoms with Gasteiger partial charge in [-0.15, -0.1) is 0 Å². The van der Waals surface area contributed by atoms with Crippen molar-refractivity contribution >= 4 is 26.6 Å². The fourth-order valence-electron chi connectivity index (χ4n) is 2.18. The van der Waals surface area contributed by atoms with Crippen LogP contribution in [0.3, 0.4) is 0 Å². The molecule has 2 rings (SSSR count). The molecule has 0 saturated carbocycles. The second-order valence-corrected chi connectivity index (χ2v) is 6.49. The molecule has 0 saturated heterocycles. The molecular weight excluding hydrogens is 278 g/mol. The first-order valence-electron chi connectivity index (χ1n) is 6.48. The Morgan fingerprint density at radius 1 is 1.35 bits per heavy atom. The molecule has 2 aromatic rings. The lowest BCUT2D eigenvalue weighted by molar-refractivity contribution is 0.253. The highest BCUT2D eigenvalue weighted by molar-refractivity contribution is 7.89. The third-order valence-corrected chi connectivity index (χ3v) is 5.05. The van der Waals surface area contributed by atoms with Crippen molar-refractivity contribution in [3.63, 3.8) is 0 Å². The Labute approximate surface area is 118 Å². The minimum Gasteiger partial charge on any atom is -0.399 e. The fourth-order valence-corrected chi connectivity index (χ4v) is 3.86. The zero-order valence-corrected chi connectivity index (χ0v) is 12.2. The van der Waals surface area contributed by atoms with Crippen molar-refractivity contribution < 1.29 is 13.5 Å². The van der Waals surface area contributed by atoms with Crippen molar-refractivity contribution in [2.24, 2.45) is 0 Å². The van der Waals surface area contributed by atoms with Gasteiger partial charge in [-0.25, -0.2) is 8.42 Å². The molecule has 110 valence electrons. The Morgan fingerprint density at radius 3 is 2.75 bits per heavy atom. The number of nitrogens with two attached hydrogens (primary N) is 1. The van der Waals surface area contributed by atoms with Crippen LogP contribution in [0, 0.1) is 0 Å². The number of nitrogen functional groups attached to an aromatic ring is 1. The third kappa shape index (κ3) is 2.65. The van der Waals surface area contributed by atoms with E-state index in [1.54, 1.807) is 18.2 Å². The first-order chi connectivity index (χ1) is 9.50. The number of nitrogens with zero attached hydrogens (tertiary/aromatic N) is 1. The number of sulfonamides is 1. The number of fused-ring (bicyclic) bond motifs is 1. The number of aromatic amines is 1. The summed E-state index contributed by atoms with van der Waals surface area (Å²) >= 11 is 0. The highest BCUT2D eigenvalue weighted by atomic mass is 32.2. The second-order valence-electron chi connectivity index (χ2n) is 4.59. The van der Waals surface area contributed by atoms with E-state index in [-0.39, 0.29) is 18.0 Å². The van der Waals surface area contributed by atoms with Gasteiger partial charge in [0, 0.05) is 35.9 Å². The molecule has 0 amide bonds. The molecule has 1 heterocycles. The van der Waals surface area contributed by atoms with Crippen molar-refractivity contribution in [2.45, 2.75) is 18.2 Å². The first-order valence-corrected chi connectivity index (χ1v) is 7.92. The zero-order chi connectivity index (χ0) is 14.8. The first kappa shape index (κ1) is 14.8. The maximum atomic E-state index is 12.7. The monoisotopic (exact) mass is 297 g/mol. The highest BCUT2D eigenvalue weighted by Gasteiger charge is 2.26. The number of hydrogen-bond acceptors (Lipinski definition) is 4. The molecule has 1 aromatic heterocycles. The summed E-state index contributed by atoms with van der Waals surface area (Å²) in [7, 11) is -3.64. The van der Waals surface area contributed by atoms with Crippen LogP contribution >= 0.6 is 0 Å². The predicted octanol–water partition coefficient (Wildman–Crippen LogP) is 1.14. The lowest BCUT2D eigenvalue weighted by Crippen LogP contribution is -2.34. The van der Waals surface area contributed by atoms with E-state index in [1.165, 1.54) is 10.5 Å². The summed E-state index contributed by atoms with van der Waals surface area (Å²) in [4.78, 5) is 3.13. The molecule has 0 spiro atoms. The summed E-state index contributed by atoms with van der Waals surface area (Å²) in [6.07, 6.45) is 2.16. The standard InChI is InChI=1S/C13H19N3O3S/c1-2-5-16(6-7-17)20(18,19)13-9-15-12-4-3-10(14)8-11(12)13/h3-4,8-9,15,17H,2,5-7,14H2,1H3. The molecule has 0 aliphatic heterocycles. The number of H-pyrrole nitrogens is 1. The zero-order valence-electron chi connectivity index (χ0n) is 11.3. The van der Waals surface area contributed by atoms with E-state index in [9.17, 15) is 8.42 Å². The van der Waals surface area contributed by atoms with Gasteiger partial charge in [-0.2, -0.15) is 4.31 Å². The number of nitrogens with one attached hydrogen (secondary N) is 1. The van der Waals surface area contributed by atoms with E-state index in [0.717, 1.165) is 5.52 Å². The lowest BCUT2D eigenvalue weighted by Gasteiger charge is -2.20. The Morgan fingerprint density at radius 2 is 2.10 bits per heavy atom. The minimum absolute atomic E-state index is 0.0885. The molecule has 4 N–H and O–H groups in total. The molecule has 0 bridgehead atoms. The van der Waals surface area contributed by atoms with Crippen LogP contribution in [-0.2, 0) is 10.0 Å². The third-order valence-electron chi connectivity index (χ3n) is 3.11. The molecule has 0 fully saturated rings. The summed E-state index contributed by atoms with van der Waals surface area (Å²) < 4.78 is 26.6. The molecule has 1 aromatic carbocycles. The molecule has 0 aliphatic rings. The van der Waals surface area contributed by atoms with Gasteiger partial charge in [0.25, 0.3) is 0 Å². The number of aliphatic hydroxyl groups is 1. The Hall–Kier alpha value is -1.57. The number of aromatic nitrogens is 1. The van der Waals surface area contributed by atoms with Crippen LogP contribution in [0.25, 0.3) is 10.9 Å². The van der Waals surface area contributed by atoms with Gasteiger partial charge in [0.05, 0.1) is 6.61 Å². The fraction of sp³-hybridized carbons (Fsp3) is 0.385. The molecule has 0 radical (unpaired) electrons. The number of aliphatic hydroxyl groups excluding tert-OH is 1. The van der Waals surface area contributed by atoms with Gasteiger partial charge in [0.15, 0.2) is 0 Å². The summed E-state index contributed by atoms with van der Waals surface area (Å²) in [5.41, 5.74) is 6.96. The normalized spacial score (nSPS) is 12.3. The Kier molecular flexibility index (Phi) is 4.32. The van der Waals surface area contributed by atoms with Crippen molar-refractivity contribution in [2.75, 3.05) is 25.4 Å². The van der Waals surface area contributed by atoms with Crippen LogP contribution in [0.2, 0.25) is 0 Å². The predicted molar refractivity (Wildman–Crippen MR) is 78.8 cm³/mol. The van der Waals surface area contributed by atoms with E-state index in [0.29, 0.717) is 24.0 Å². The van der Waals surface area contributed by atoms with Crippen LogP contribution in [0.15, 0.2) is 29.3 Å². The largest absolute Gasteiger partial charge is 0.399 e. The van der Waals surface area contributed by atoms with Gasteiger partial charge in [0.1, 0.15) is 4.90 Å². The van der Waals surface area contributed by atoms with Gasteiger partial charge in [-0.3, -0.25) is 0 Å². The van der Waals surface area contributed by atoms with Crippen LogP contribution in [0.4, 0.5) is 5.69 Å². The van der Waals surface area contributed by atoms with E-state index < -0.39 is 10.0 Å². The lowest BCUT2D eigenvalue weighted by atomic mass is 10.2. The van der Waals surface area contributed by atoms with Gasteiger partial charge in [0.2, 0.25) is 10.0 Å². The van der Waals surface area contributed by atoms with Gasteiger partial charge >= 0.3 is 0 Å². The molecule has 7 heteroatoms. The Balaban J connectivity index is 2.52. The average molecular weight is 297 g/mol. The number of rotatable bonds is 6. The summed E-state index contributed by atoms with van der Waals surface area (Å²) in [5.74, 6) is 0. The SMILES string of the molecule is CCCN(CCO)S(=O)(=O)c1c[nH]c2ccc(N)cc12. The van der Waals surface area contributed by atoms with Crippen LogP contribution < -0.4 is 5.73 Å². The van der Waals surface area contributed by atoms with Crippen molar-refractivity contribution in [1.29, 1.82) is 0 Å². The molecule has 20 heavy (non-hydrogen) atoms. The number of benzene rings is 1. The quantitative estimate of drug-likeness (QED) is 0.696. The summed E-state index contributed by atoms with van der Waals surface area (Å²) in [6, 6.07) is 5.11. The van der Waals surface area contributed by atoms with E-state index >= 15 is 0 Å². The van der Waals surface area contributed by atoms with Gasteiger partial charge in [-0.05, 0) is 24.6 Å². The summed E-state index contributed by atoms with van der Waals surface area (Å²) in [6.45, 7) is 2.15. The van der Waals surface area contributed by atoms with Crippen molar-refractivity contribution in [1.82, 2.24) is 9.29 Å². The number of hydrogen-bond donors (Lipinski definition) is 3. The van der Waals surface area contributed by atoms with Gasteiger partial charge in [-0.1, -0.05) is 6.92 Å². The maximum absolute atomic E-state index is 12.7. The highest BCUT2D eigenvalue weighted by Crippen LogP contribution is 2.27. The van der Waals surface area contributed by atoms with E-state index in [4.69, 9.17) is 10.8 Å². The Bertz CT molecular complexity index is 688. The number of anilines is 1. The van der Waals surface area contributed by atoms with Crippen LogP contribution in [0.5, 0.6) is 0 Å². The second kappa shape index (κ2) is 5.82. The average Bonchev–Trinajstić information content (AvgIpc) is 2.82. The van der Waals surface area contributed by atoms with Gasteiger partial charge < -0.3 is 15.8 Å². The summed E-state index contributed by atoms with van der Waals surface area (Å²) in [5, 5.41) is 9.62. The molecular formula is C13H19N3O3S. The van der Waals surface area contributed by atoms with E-state index in [1.807, 2.05) is 6.92 Å². The van der Waals surface area contributed by atoms with Crippen molar-refractivity contribution in [3.8, 4) is 0 Å². The van der Waals surface area contributed by atoms with Crippen LogP contribution in [-0.4, -0.2) is 42.5 Å². The molecule has 0 aliphatic carbocycles. The van der Waals surface area contributed by atoms with E-state index in [2.05, 4.69) is 4.98 Å². The van der Waals surface area contributed by atoms with Crippen LogP contribution in [0.1, 0.15) is 13.3 Å². The molecule has 6 nitrogen and oxygen atoms in total. The smallest absolute Gasteiger partial charge is 0.245 e. The minimum atomic E-state index is -3.64. The van der Waals surface area contributed by atoms with Crippen molar-refractivity contribution in [3.05, 3.63) is 24.4 Å².